The smallest absolute Gasteiger partial charge is 0.270 e. The number of carbonyl (C=O) groups excluding carboxylic acids is 2. The molecule has 2 amide bonds. The number of nitrogens with one attached hydrogen (secondary N) is 1. The summed E-state index contributed by atoms with van der Waals surface area (Å²) in [5.74, 6) is -0.580. The lowest BCUT2D eigenvalue weighted by Gasteiger charge is -2.28. The topological polar surface area (TPSA) is 62.6 Å². The van der Waals surface area contributed by atoms with Crippen molar-refractivity contribution in [2.45, 2.75) is 0 Å². The van der Waals surface area contributed by atoms with Crippen LogP contribution in [0.1, 0.15) is 5.76 Å². The molecule has 0 atom stereocenters. The maximum atomic E-state index is 12.6. The molecule has 0 unspecified atom stereocenters. The Kier molecular flexibility index (Phi) is 4.08. The van der Waals surface area contributed by atoms with Crippen molar-refractivity contribution >= 4 is 63.5 Å². The third-order valence-corrected chi connectivity index (χ3v) is 3.86. The molecular formula is C15H9IN2O3S. The highest BCUT2D eigenvalue weighted by Gasteiger charge is 2.34. The van der Waals surface area contributed by atoms with E-state index in [9.17, 15) is 9.59 Å². The van der Waals surface area contributed by atoms with Crippen LogP contribution in [0.2, 0.25) is 0 Å². The van der Waals surface area contributed by atoms with Gasteiger partial charge in [0, 0.05) is 0 Å². The molecule has 2 aromatic rings. The second-order valence-electron chi connectivity index (χ2n) is 4.44. The number of benzene rings is 1. The van der Waals surface area contributed by atoms with Gasteiger partial charge in [-0.25, -0.2) is 0 Å². The van der Waals surface area contributed by atoms with E-state index in [0.717, 1.165) is 0 Å². The van der Waals surface area contributed by atoms with Crippen LogP contribution in [0.3, 0.4) is 0 Å². The molecule has 3 rings (SSSR count). The molecule has 0 radical (unpaired) electrons. The molecule has 1 saturated heterocycles. The molecule has 1 aromatic carbocycles. The molecule has 0 spiro atoms. The quantitative estimate of drug-likeness (QED) is 0.349. The number of rotatable bonds is 2. The van der Waals surface area contributed by atoms with Crippen LogP contribution >= 0.6 is 34.8 Å². The van der Waals surface area contributed by atoms with Gasteiger partial charge < -0.3 is 4.42 Å². The van der Waals surface area contributed by atoms with Crippen LogP contribution in [-0.4, -0.2) is 16.9 Å². The number of amides is 2. The lowest BCUT2D eigenvalue weighted by molar-refractivity contribution is -0.122. The number of para-hydroxylation sites is 1. The monoisotopic (exact) mass is 424 g/mol. The normalized spacial score (nSPS) is 17.0. The van der Waals surface area contributed by atoms with Crippen LogP contribution < -0.4 is 10.2 Å². The van der Waals surface area contributed by atoms with Gasteiger partial charge in [0.2, 0.25) is 0 Å². The molecule has 1 aromatic heterocycles. The van der Waals surface area contributed by atoms with Gasteiger partial charge in [0.05, 0.1) is 5.69 Å². The van der Waals surface area contributed by atoms with E-state index in [0.29, 0.717) is 15.2 Å². The standard InChI is InChI=1S/C15H9IN2O3S/c16-12-7-6-10(21-12)8-11-13(19)17-15(22)18(14(11)20)9-4-2-1-3-5-9/h1-8H,(H,17,19,22)/b11-8+. The van der Waals surface area contributed by atoms with E-state index in [1.54, 1.807) is 36.4 Å². The summed E-state index contributed by atoms with van der Waals surface area (Å²) < 4.78 is 6.05. The van der Waals surface area contributed by atoms with E-state index in [2.05, 4.69) is 5.32 Å². The predicted octanol–water partition coefficient (Wildman–Crippen LogP) is 2.72. The summed E-state index contributed by atoms with van der Waals surface area (Å²) >= 11 is 7.12. The fraction of sp³-hybridized carbons (Fsp3) is 0. The van der Waals surface area contributed by atoms with Gasteiger partial charge >= 0.3 is 0 Å². The van der Waals surface area contributed by atoms with E-state index in [1.165, 1.54) is 11.0 Å². The van der Waals surface area contributed by atoms with Crippen LogP contribution in [-0.2, 0) is 9.59 Å². The Morgan fingerprint density at radius 2 is 1.86 bits per heavy atom. The highest BCUT2D eigenvalue weighted by atomic mass is 127. The second kappa shape index (κ2) is 6.01. The maximum Gasteiger partial charge on any atom is 0.270 e. The molecule has 1 fully saturated rings. The summed E-state index contributed by atoms with van der Waals surface area (Å²) in [5, 5.41) is 2.58. The van der Waals surface area contributed by atoms with E-state index in [-0.39, 0.29) is 10.7 Å². The number of carbonyl (C=O) groups is 2. The maximum absolute atomic E-state index is 12.6. The number of thiocarbonyl (C=S) groups is 1. The number of hydrogen-bond donors (Lipinski definition) is 1. The molecule has 2 heterocycles. The fourth-order valence-corrected chi connectivity index (χ4v) is 2.73. The van der Waals surface area contributed by atoms with Crippen LogP contribution in [0, 0.1) is 3.77 Å². The van der Waals surface area contributed by atoms with E-state index in [1.807, 2.05) is 28.7 Å². The van der Waals surface area contributed by atoms with E-state index in [4.69, 9.17) is 16.6 Å². The molecule has 0 bridgehead atoms. The Bertz CT molecular complexity index is 798. The average molecular weight is 424 g/mol. The molecule has 22 heavy (non-hydrogen) atoms. The van der Waals surface area contributed by atoms with Crippen molar-refractivity contribution in [1.82, 2.24) is 5.32 Å². The van der Waals surface area contributed by atoms with Crippen LogP contribution in [0.25, 0.3) is 6.08 Å². The number of nitrogens with zero attached hydrogens (tertiary/aromatic N) is 1. The van der Waals surface area contributed by atoms with Gasteiger partial charge in [-0.05, 0) is 65.2 Å². The van der Waals surface area contributed by atoms with Crippen molar-refractivity contribution in [3.8, 4) is 0 Å². The third kappa shape index (κ3) is 2.81. The van der Waals surface area contributed by atoms with Crippen LogP contribution in [0.4, 0.5) is 5.69 Å². The Hall–Kier alpha value is -2.00. The molecule has 0 saturated carbocycles. The zero-order valence-corrected chi connectivity index (χ0v) is 14.1. The number of hydrogen-bond acceptors (Lipinski definition) is 4. The minimum absolute atomic E-state index is 0.0248. The molecule has 1 aliphatic rings. The fourth-order valence-electron chi connectivity index (χ4n) is 2.02. The summed E-state index contributed by atoms with van der Waals surface area (Å²) in [7, 11) is 0. The van der Waals surface area contributed by atoms with E-state index >= 15 is 0 Å². The Balaban J connectivity index is 2.01. The van der Waals surface area contributed by atoms with Crippen LogP contribution in [0.15, 0.2) is 52.5 Å². The minimum atomic E-state index is -0.534. The Morgan fingerprint density at radius 3 is 2.50 bits per heavy atom. The molecule has 0 aliphatic carbocycles. The first-order valence-corrected chi connectivity index (χ1v) is 7.77. The summed E-state index contributed by atoms with van der Waals surface area (Å²) in [6, 6.07) is 12.3. The van der Waals surface area contributed by atoms with Crippen molar-refractivity contribution < 1.29 is 14.0 Å². The average Bonchev–Trinajstić information content (AvgIpc) is 2.90. The van der Waals surface area contributed by atoms with Gasteiger partial charge in [-0.1, -0.05) is 18.2 Å². The van der Waals surface area contributed by atoms with Crippen molar-refractivity contribution in [1.29, 1.82) is 0 Å². The lowest BCUT2D eigenvalue weighted by atomic mass is 10.1. The second-order valence-corrected chi connectivity index (χ2v) is 5.89. The Morgan fingerprint density at radius 1 is 1.14 bits per heavy atom. The first-order chi connectivity index (χ1) is 10.6. The van der Waals surface area contributed by atoms with Crippen LogP contribution in [0.5, 0.6) is 0 Å². The molecule has 7 heteroatoms. The van der Waals surface area contributed by atoms with Crippen molar-refractivity contribution in [3.63, 3.8) is 0 Å². The van der Waals surface area contributed by atoms with Gasteiger partial charge in [0.25, 0.3) is 11.8 Å². The lowest BCUT2D eigenvalue weighted by Crippen LogP contribution is -2.54. The molecule has 5 nitrogen and oxygen atoms in total. The summed E-state index contributed by atoms with van der Waals surface area (Å²) in [6.07, 6.45) is 1.41. The minimum Gasteiger partial charge on any atom is -0.451 e. The summed E-state index contributed by atoms with van der Waals surface area (Å²) in [5.41, 5.74) is 0.570. The van der Waals surface area contributed by atoms with Gasteiger partial charge in [-0.2, -0.15) is 0 Å². The summed E-state index contributed by atoms with van der Waals surface area (Å²) in [4.78, 5) is 26.0. The van der Waals surface area contributed by atoms with Crippen molar-refractivity contribution in [3.05, 3.63) is 57.6 Å². The van der Waals surface area contributed by atoms with E-state index < -0.39 is 11.8 Å². The largest absolute Gasteiger partial charge is 0.451 e. The van der Waals surface area contributed by atoms with Gasteiger partial charge in [-0.3, -0.25) is 19.8 Å². The first kappa shape index (κ1) is 14.9. The first-order valence-electron chi connectivity index (χ1n) is 6.28. The molecule has 1 aliphatic heterocycles. The van der Waals surface area contributed by atoms with Crippen molar-refractivity contribution in [2.75, 3.05) is 4.90 Å². The SMILES string of the molecule is O=C1NC(=S)N(c2ccccc2)C(=O)/C1=C/c1ccc(I)o1. The Labute approximate surface area is 145 Å². The number of halogens is 1. The zero-order chi connectivity index (χ0) is 15.7. The number of anilines is 1. The van der Waals surface area contributed by atoms with Gasteiger partial charge in [-0.15, -0.1) is 0 Å². The predicted molar refractivity (Wildman–Crippen MR) is 94.1 cm³/mol. The van der Waals surface area contributed by atoms with Gasteiger partial charge in [0.1, 0.15) is 11.3 Å². The molecule has 110 valence electrons. The molecular weight excluding hydrogens is 415 g/mol. The third-order valence-electron chi connectivity index (χ3n) is 3.00. The zero-order valence-electron chi connectivity index (χ0n) is 11.1. The number of furan rings is 1. The summed E-state index contributed by atoms with van der Waals surface area (Å²) in [6.45, 7) is 0. The van der Waals surface area contributed by atoms with Crippen molar-refractivity contribution in [2.24, 2.45) is 0 Å². The van der Waals surface area contributed by atoms with Gasteiger partial charge in [0.15, 0.2) is 8.88 Å². The molecule has 1 N–H and O–H groups in total. The highest BCUT2D eigenvalue weighted by molar-refractivity contribution is 14.1. The highest BCUT2D eigenvalue weighted by Crippen LogP contribution is 2.22.